The van der Waals surface area contributed by atoms with Gasteiger partial charge < -0.3 is 15.4 Å². The van der Waals surface area contributed by atoms with Gasteiger partial charge in [0.15, 0.2) is 9.84 Å². The normalized spacial score (nSPS) is 14.3. The van der Waals surface area contributed by atoms with Crippen LogP contribution in [0.4, 0.5) is 11.4 Å². The third-order valence-corrected chi connectivity index (χ3v) is 5.39. The molecule has 6 heteroatoms. The standard InChI is InChI=1S/C18H22N2O3S/c1-24(21,22)15-9-7-14(8-10-15)23-13-12-20-11-3-4-16-17(19)5-2-6-18(16)20/h2,5-10H,3-4,11-13,19H2,1H3. The Morgan fingerprint density at radius 2 is 1.92 bits per heavy atom. The summed E-state index contributed by atoms with van der Waals surface area (Å²) in [4.78, 5) is 2.59. The minimum atomic E-state index is -3.17. The smallest absolute Gasteiger partial charge is 0.175 e. The van der Waals surface area contributed by atoms with Crippen LogP contribution in [0.5, 0.6) is 5.75 Å². The lowest BCUT2D eigenvalue weighted by Crippen LogP contribution is -2.33. The molecule has 0 bridgehead atoms. The second-order valence-corrected chi connectivity index (χ2v) is 8.04. The van der Waals surface area contributed by atoms with E-state index in [9.17, 15) is 8.42 Å². The summed E-state index contributed by atoms with van der Waals surface area (Å²) in [7, 11) is -3.17. The van der Waals surface area contributed by atoms with Gasteiger partial charge in [-0.2, -0.15) is 0 Å². The summed E-state index contributed by atoms with van der Waals surface area (Å²) in [6.07, 6.45) is 3.30. The fourth-order valence-electron chi connectivity index (χ4n) is 3.02. The van der Waals surface area contributed by atoms with Crippen LogP contribution in [0.15, 0.2) is 47.4 Å². The molecular weight excluding hydrogens is 324 g/mol. The maximum atomic E-state index is 11.5. The predicted molar refractivity (Wildman–Crippen MR) is 96.4 cm³/mol. The highest BCUT2D eigenvalue weighted by atomic mass is 32.2. The van der Waals surface area contributed by atoms with Gasteiger partial charge >= 0.3 is 0 Å². The molecule has 1 aliphatic rings. The highest BCUT2D eigenvalue weighted by Crippen LogP contribution is 2.31. The zero-order valence-electron chi connectivity index (χ0n) is 13.7. The van der Waals surface area contributed by atoms with Crippen LogP contribution in [-0.2, 0) is 16.3 Å². The molecule has 2 aromatic rings. The summed E-state index contributed by atoms with van der Waals surface area (Å²) in [6.45, 7) is 2.30. The van der Waals surface area contributed by atoms with E-state index in [1.54, 1.807) is 24.3 Å². The molecule has 5 nitrogen and oxygen atoms in total. The van der Waals surface area contributed by atoms with Gasteiger partial charge in [-0.1, -0.05) is 6.07 Å². The molecule has 0 fully saturated rings. The van der Waals surface area contributed by atoms with E-state index in [2.05, 4.69) is 11.0 Å². The lowest BCUT2D eigenvalue weighted by molar-refractivity contribution is 0.322. The minimum Gasteiger partial charge on any atom is -0.492 e. The Bertz CT molecular complexity index is 817. The zero-order chi connectivity index (χ0) is 17.2. The monoisotopic (exact) mass is 346 g/mol. The lowest BCUT2D eigenvalue weighted by Gasteiger charge is -2.31. The van der Waals surface area contributed by atoms with Crippen molar-refractivity contribution in [3.05, 3.63) is 48.0 Å². The maximum Gasteiger partial charge on any atom is 0.175 e. The first kappa shape index (κ1) is 16.6. The molecule has 1 aliphatic heterocycles. The number of ether oxygens (including phenoxy) is 1. The summed E-state index contributed by atoms with van der Waals surface area (Å²) in [5, 5.41) is 0. The van der Waals surface area contributed by atoms with E-state index in [0.717, 1.165) is 31.6 Å². The van der Waals surface area contributed by atoms with Crippen molar-refractivity contribution in [1.82, 2.24) is 0 Å². The third kappa shape index (κ3) is 3.64. The summed E-state index contributed by atoms with van der Waals surface area (Å²) in [5.74, 6) is 0.673. The molecule has 128 valence electrons. The van der Waals surface area contributed by atoms with Gasteiger partial charge in [0.1, 0.15) is 12.4 Å². The van der Waals surface area contributed by atoms with Crippen LogP contribution in [0.1, 0.15) is 12.0 Å². The van der Waals surface area contributed by atoms with Gasteiger partial charge in [-0.05, 0) is 54.8 Å². The minimum absolute atomic E-state index is 0.301. The second-order valence-electron chi connectivity index (χ2n) is 6.03. The van der Waals surface area contributed by atoms with Crippen molar-refractivity contribution < 1.29 is 13.2 Å². The average Bonchev–Trinajstić information content (AvgIpc) is 2.55. The quantitative estimate of drug-likeness (QED) is 0.842. The molecule has 0 aliphatic carbocycles. The summed E-state index contributed by atoms with van der Waals surface area (Å²) in [6, 6.07) is 12.6. The highest BCUT2D eigenvalue weighted by Gasteiger charge is 2.18. The lowest BCUT2D eigenvalue weighted by atomic mass is 10.00. The van der Waals surface area contributed by atoms with Crippen LogP contribution < -0.4 is 15.4 Å². The molecule has 0 amide bonds. The van der Waals surface area contributed by atoms with Gasteiger partial charge in [-0.25, -0.2) is 8.42 Å². The summed E-state index contributed by atoms with van der Waals surface area (Å²) in [5.41, 5.74) is 9.34. The largest absolute Gasteiger partial charge is 0.492 e. The highest BCUT2D eigenvalue weighted by molar-refractivity contribution is 7.90. The number of nitrogens with zero attached hydrogens (tertiary/aromatic N) is 1. The van der Waals surface area contributed by atoms with E-state index < -0.39 is 9.84 Å². The number of sulfone groups is 1. The topological polar surface area (TPSA) is 72.6 Å². The Morgan fingerprint density at radius 3 is 2.62 bits per heavy atom. The van der Waals surface area contributed by atoms with E-state index in [4.69, 9.17) is 10.5 Å². The number of hydrogen-bond acceptors (Lipinski definition) is 5. The molecule has 0 aromatic heterocycles. The van der Waals surface area contributed by atoms with Crippen molar-refractivity contribution in [2.24, 2.45) is 0 Å². The van der Waals surface area contributed by atoms with Crippen LogP contribution in [0.2, 0.25) is 0 Å². The first-order valence-electron chi connectivity index (χ1n) is 8.00. The Kier molecular flexibility index (Phi) is 4.66. The van der Waals surface area contributed by atoms with Crippen LogP contribution in [0.3, 0.4) is 0 Å². The molecule has 1 heterocycles. The van der Waals surface area contributed by atoms with Crippen LogP contribution >= 0.6 is 0 Å². The summed E-state index contributed by atoms with van der Waals surface area (Å²) < 4.78 is 28.7. The van der Waals surface area contributed by atoms with Crippen molar-refractivity contribution in [1.29, 1.82) is 0 Å². The predicted octanol–water partition coefficient (Wildman–Crippen LogP) is 2.50. The molecule has 24 heavy (non-hydrogen) atoms. The first-order chi connectivity index (χ1) is 11.4. The Morgan fingerprint density at radius 1 is 1.17 bits per heavy atom. The Balaban J connectivity index is 1.61. The van der Waals surface area contributed by atoms with Crippen LogP contribution in [0, 0.1) is 0 Å². The Hall–Kier alpha value is -2.21. The van der Waals surface area contributed by atoms with Gasteiger partial charge in [0.25, 0.3) is 0 Å². The van der Waals surface area contributed by atoms with Crippen LogP contribution in [-0.4, -0.2) is 34.4 Å². The van der Waals surface area contributed by atoms with Crippen molar-refractivity contribution in [3.63, 3.8) is 0 Å². The number of nitrogen functional groups attached to an aromatic ring is 1. The molecule has 0 saturated heterocycles. The average molecular weight is 346 g/mol. The van der Waals surface area contributed by atoms with Gasteiger partial charge in [0.05, 0.1) is 11.4 Å². The van der Waals surface area contributed by atoms with E-state index >= 15 is 0 Å². The molecule has 0 atom stereocenters. The van der Waals surface area contributed by atoms with Gasteiger partial charge in [0, 0.05) is 24.2 Å². The first-order valence-corrected chi connectivity index (χ1v) is 9.89. The molecule has 3 rings (SSSR count). The maximum absolute atomic E-state index is 11.5. The van der Waals surface area contributed by atoms with E-state index in [1.807, 2.05) is 12.1 Å². The molecule has 0 spiro atoms. The molecule has 0 unspecified atom stereocenters. The molecule has 0 radical (unpaired) electrons. The molecule has 2 N–H and O–H groups in total. The molecule has 2 aromatic carbocycles. The van der Waals surface area contributed by atoms with E-state index in [-0.39, 0.29) is 0 Å². The number of rotatable bonds is 5. The van der Waals surface area contributed by atoms with Gasteiger partial charge in [0.2, 0.25) is 0 Å². The third-order valence-electron chi connectivity index (χ3n) is 4.26. The van der Waals surface area contributed by atoms with Crippen molar-refractivity contribution in [3.8, 4) is 5.75 Å². The van der Waals surface area contributed by atoms with Gasteiger partial charge in [-0.3, -0.25) is 0 Å². The second kappa shape index (κ2) is 6.73. The SMILES string of the molecule is CS(=O)(=O)c1ccc(OCCN2CCCc3c(N)cccc32)cc1. The number of benzene rings is 2. The fourth-order valence-corrected chi connectivity index (χ4v) is 3.65. The molecule has 0 saturated carbocycles. The van der Waals surface area contributed by atoms with E-state index in [0.29, 0.717) is 17.3 Å². The number of anilines is 2. The number of nitrogens with two attached hydrogens (primary N) is 1. The van der Waals surface area contributed by atoms with Crippen LogP contribution in [0.25, 0.3) is 0 Å². The van der Waals surface area contributed by atoms with Gasteiger partial charge in [-0.15, -0.1) is 0 Å². The molecular formula is C18H22N2O3S. The number of hydrogen-bond donors (Lipinski definition) is 1. The fraction of sp³-hybridized carbons (Fsp3) is 0.333. The van der Waals surface area contributed by atoms with Crippen molar-refractivity contribution in [2.45, 2.75) is 17.7 Å². The van der Waals surface area contributed by atoms with E-state index in [1.165, 1.54) is 17.5 Å². The zero-order valence-corrected chi connectivity index (χ0v) is 14.6. The Labute approximate surface area is 143 Å². The summed E-state index contributed by atoms with van der Waals surface area (Å²) >= 11 is 0. The van der Waals surface area contributed by atoms with Crippen molar-refractivity contribution in [2.75, 3.05) is 36.6 Å². The van der Waals surface area contributed by atoms with Crippen molar-refractivity contribution >= 4 is 21.2 Å². The number of fused-ring (bicyclic) bond motifs is 1.